The minimum absolute atomic E-state index is 0.0504. The van der Waals surface area contributed by atoms with Crippen molar-refractivity contribution in [2.75, 3.05) is 7.11 Å². The summed E-state index contributed by atoms with van der Waals surface area (Å²) in [5.74, 6) is -0.422. The van der Waals surface area contributed by atoms with Crippen LogP contribution in [0.2, 0.25) is 0 Å². The Hall–Kier alpha value is -3.93. The lowest BCUT2D eigenvalue weighted by Gasteiger charge is -2.14. The van der Waals surface area contributed by atoms with Crippen LogP contribution in [-0.2, 0) is 27.3 Å². The molecule has 6 nitrogen and oxygen atoms in total. The Morgan fingerprint density at radius 2 is 1.37 bits per heavy atom. The molecule has 4 rings (SSSR count). The molecule has 0 bridgehead atoms. The first-order valence-corrected chi connectivity index (χ1v) is 9.43. The molecule has 1 heterocycles. The number of benzene rings is 3. The standard InChI is InChI=1S/C24H19NO5/c1-29-22(26)14-16-10-12-17(13-11-16)30-23(27)15-25-20-8-4-2-6-18(20)24(28)19-7-3-5-9-21(19)25/h2-13H,14-15H2,1H3. The van der Waals surface area contributed by atoms with E-state index in [1.807, 2.05) is 24.3 Å². The lowest BCUT2D eigenvalue weighted by Crippen LogP contribution is -2.20. The summed E-state index contributed by atoms with van der Waals surface area (Å²) in [5.41, 5.74) is 2.05. The number of ether oxygens (including phenoxy) is 2. The molecule has 1 aromatic heterocycles. The molecule has 0 fully saturated rings. The van der Waals surface area contributed by atoms with Crippen LogP contribution in [0.1, 0.15) is 5.56 Å². The van der Waals surface area contributed by atoms with Crippen LogP contribution in [0.4, 0.5) is 0 Å². The second-order valence-electron chi connectivity index (χ2n) is 6.82. The molecule has 6 heteroatoms. The first-order chi connectivity index (χ1) is 14.6. The van der Waals surface area contributed by atoms with Gasteiger partial charge in [-0.05, 0) is 42.0 Å². The number of methoxy groups -OCH3 is 1. The van der Waals surface area contributed by atoms with Gasteiger partial charge in [0, 0.05) is 10.8 Å². The second-order valence-corrected chi connectivity index (χ2v) is 6.82. The summed E-state index contributed by atoms with van der Waals surface area (Å²) in [7, 11) is 1.34. The minimum Gasteiger partial charge on any atom is -0.469 e. The minimum atomic E-state index is -0.463. The molecule has 0 radical (unpaired) electrons. The van der Waals surface area contributed by atoms with Crippen molar-refractivity contribution in [3.8, 4) is 5.75 Å². The average molecular weight is 401 g/mol. The van der Waals surface area contributed by atoms with Gasteiger partial charge in [0.1, 0.15) is 12.3 Å². The van der Waals surface area contributed by atoms with Crippen molar-refractivity contribution >= 4 is 33.7 Å². The number of rotatable bonds is 5. The summed E-state index contributed by atoms with van der Waals surface area (Å²) >= 11 is 0. The molecule has 0 unspecified atom stereocenters. The van der Waals surface area contributed by atoms with Gasteiger partial charge in [0.25, 0.3) is 0 Å². The zero-order valence-electron chi connectivity index (χ0n) is 16.3. The van der Waals surface area contributed by atoms with Gasteiger partial charge >= 0.3 is 11.9 Å². The normalized spacial score (nSPS) is 10.8. The van der Waals surface area contributed by atoms with Crippen LogP contribution in [0.5, 0.6) is 5.75 Å². The number of hydrogen-bond donors (Lipinski definition) is 0. The topological polar surface area (TPSA) is 74.6 Å². The van der Waals surface area contributed by atoms with Gasteiger partial charge in [-0.25, -0.2) is 4.79 Å². The summed E-state index contributed by atoms with van der Waals surface area (Å²) in [4.78, 5) is 36.8. The average Bonchev–Trinajstić information content (AvgIpc) is 2.78. The van der Waals surface area contributed by atoms with E-state index in [1.165, 1.54) is 7.11 Å². The van der Waals surface area contributed by atoms with Crippen LogP contribution < -0.4 is 10.2 Å². The van der Waals surface area contributed by atoms with E-state index in [0.717, 1.165) is 5.56 Å². The highest BCUT2D eigenvalue weighted by Crippen LogP contribution is 2.20. The van der Waals surface area contributed by atoms with Gasteiger partial charge in [-0.1, -0.05) is 36.4 Å². The van der Waals surface area contributed by atoms with Gasteiger partial charge in [-0.15, -0.1) is 0 Å². The fourth-order valence-electron chi connectivity index (χ4n) is 3.45. The first-order valence-electron chi connectivity index (χ1n) is 9.43. The smallest absolute Gasteiger partial charge is 0.331 e. The van der Waals surface area contributed by atoms with Gasteiger partial charge in [0.2, 0.25) is 0 Å². The quantitative estimate of drug-likeness (QED) is 0.291. The molecular formula is C24H19NO5. The molecule has 0 atom stereocenters. The molecule has 0 spiro atoms. The lowest BCUT2D eigenvalue weighted by atomic mass is 10.1. The molecule has 3 aromatic carbocycles. The van der Waals surface area contributed by atoms with Gasteiger partial charge < -0.3 is 14.0 Å². The highest BCUT2D eigenvalue weighted by atomic mass is 16.5. The van der Waals surface area contributed by atoms with Crippen LogP contribution in [0.15, 0.2) is 77.6 Å². The fourth-order valence-corrected chi connectivity index (χ4v) is 3.45. The Balaban J connectivity index is 1.62. The van der Waals surface area contributed by atoms with Crippen molar-refractivity contribution in [3.63, 3.8) is 0 Å². The van der Waals surface area contributed by atoms with Crippen LogP contribution in [0.3, 0.4) is 0 Å². The third-order valence-electron chi connectivity index (χ3n) is 4.90. The molecule has 0 saturated heterocycles. The Morgan fingerprint density at radius 1 is 0.800 bits per heavy atom. The zero-order valence-corrected chi connectivity index (χ0v) is 16.3. The van der Waals surface area contributed by atoms with Gasteiger partial charge in [-0.2, -0.15) is 0 Å². The maximum Gasteiger partial charge on any atom is 0.331 e. The number of esters is 2. The van der Waals surface area contributed by atoms with E-state index < -0.39 is 5.97 Å². The zero-order chi connectivity index (χ0) is 21.1. The van der Waals surface area contributed by atoms with Gasteiger partial charge in [0.15, 0.2) is 5.43 Å². The van der Waals surface area contributed by atoms with E-state index >= 15 is 0 Å². The molecule has 0 aliphatic rings. The molecule has 0 N–H and O–H groups in total. The van der Waals surface area contributed by atoms with E-state index in [1.54, 1.807) is 53.1 Å². The second kappa shape index (κ2) is 8.21. The number of fused-ring (bicyclic) bond motifs is 2. The molecule has 4 aromatic rings. The van der Waals surface area contributed by atoms with Gasteiger partial charge in [0.05, 0.1) is 24.6 Å². The van der Waals surface area contributed by atoms with E-state index in [2.05, 4.69) is 4.74 Å². The summed E-state index contributed by atoms with van der Waals surface area (Å²) in [6.07, 6.45) is 0.153. The molecule has 0 amide bonds. The summed E-state index contributed by atoms with van der Waals surface area (Å²) in [6.45, 7) is -0.0504. The fraction of sp³-hybridized carbons (Fsp3) is 0.125. The van der Waals surface area contributed by atoms with E-state index in [9.17, 15) is 14.4 Å². The highest BCUT2D eigenvalue weighted by Gasteiger charge is 2.14. The van der Waals surface area contributed by atoms with Crippen molar-refractivity contribution in [1.29, 1.82) is 0 Å². The summed E-state index contributed by atoms with van der Waals surface area (Å²) in [5, 5.41) is 1.10. The monoisotopic (exact) mass is 401 g/mol. The van der Waals surface area contributed by atoms with E-state index in [-0.39, 0.29) is 24.4 Å². The molecule has 30 heavy (non-hydrogen) atoms. The highest BCUT2D eigenvalue weighted by molar-refractivity contribution is 5.94. The SMILES string of the molecule is COC(=O)Cc1ccc(OC(=O)Cn2c3ccccc3c(=O)c3ccccc32)cc1. The molecule has 0 aliphatic carbocycles. The maximum absolute atomic E-state index is 12.8. The largest absolute Gasteiger partial charge is 0.469 e. The number of pyridine rings is 1. The number of carbonyl (C=O) groups excluding carboxylic acids is 2. The Kier molecular flexibility index (Phi) is 5.30. The number of hydrogen-bond acceptors (Lipinski definition) is 5. The molecule has 0 saturated carbocycles. The summed E-state index contributed by atoms with van der Waals surface area (Å²) in [6, 6.07) is 21.1. The number of para-hydroxylation sites is 2. The molecule has 150 valence electrons. The lowest BCUT2D eigenvalue weighted by molar-refractivity contribution is -0.140. The van der Waals surface area contributed by atoms with Crippen LogP contribution in [-0.4, -0.2) is 23.6 Å². The third-order valence-corrected chi connectivity index (χ3v) is 4.90. The summed E-state index contributed by atoms with van der Waals surface area (Å²) < 4.78 is 11.9. The molecular weight excluding hydrogens is 382 g/mol. The third kappa shape index (κ3) is 3.80. The van der Waals surface area contributed by atoms with Crippen molar-refractivity contribution in [3.05, 3.63) is 88.6 Å². The Morgan fingerprint density at radius 3 is 1.93 bits per heavy atom. The van der Waals surface area contributed by atoms with Crippen molar-refractivity contribution in [1.82, 2.24) is 4.57 Å². The van der Waals surface area contributed by atoms with E-state index in [0.29, 0.717) is 27.6 Å². The Bertz CT molecular complexity index is 1240. The first kappa shape index (κ1) is 19.4. The van der Waals surface area contributed by atoms with Crippen molar-refractivity contribution in [2.24, 2.45) is 0 Å². The van der Waals surface area contributed by atoms with Gasteiger partial charge in [-0.3, -0.25) is 9.59 Å². The predicted molar refractivity (Wildman–Crippen MR) is 114 cm³/mol. The van der Waals surface area contributed by atoms with E-state index in [4.69, 9.17) is 4.74 Å². The Labute approximate surface area is 172 Å². The number of carbonyl (C=O) groups is 2. The van der Waals surface area contributed by atoms with Crippen molar-refractivity contribution < 1.29 is 19.1 Å². The number of aromatic nitrogens is 1. The molecule has 0 aliphatic heterocycles. The van der Waals surface area contributed by atoms with Crippen LogP contribution in [0, 0.1) is 0 Å². The van der Waals surface area contributed by atoms with Crippen LogP contribution >= 0.6 is 0 Å². The maximum atomic E-state index is 12.8. The van der Waals surface area contributed by atoms with Crippen LogP contribution in [0.25, 0.3) is 21.8 Å². The number of nitrogens with zero attached hydrogens (tertiary/aromatic N) is 1. The van der Waals surface area contributed by atoms with Crippen molar-refractivity contribution in [2.45, 2.75) is 13.0 Å². The predicted octanol–water partition coefficient (Wildman–Crippen LogP) is 3.48.